The summed E-state index contributed by atoms with van der Waals surface area (Å²) in [6.45, 7) is 5.82. The highest BCUT2D eigenvalue weighted by molar-refractivity contribution is 7.92. The summed E-state index contributed by atoms with van der Waals surface area (Å²) in [5.74, 6) is -0.294. The van der Waals surface area contributed by atoms with Crippen molar-refractivity contribution in [2.75, 3.05) is 30.6 Å². The lowest BCUT2D eigenvalue weighted by atomic mass is 10.1. The van der Waals surface area contributed by atoms with E-state index in [1.54, 1.807) is 18.2 Å². The summed E-state index contributed by atoms with van der Waals surface area (Å²) >= 11 is 0. The zero-order valence-electron chi connectivity index (χ0n) is 12.4. The summed E-state index contributed by atoms with van der Waals surface area (Å²) in [6.07, 6.45) is 1.06. The van der Waals surface area contributed by atoms with Crippen LogP contribution < -0.4 is 15.4 Å². The average molecular weight is 336 g/mol. The molecule has 0 radical (unpaired) electrons. The molecule has 1 aromatic carbocycles. The van der Waals surface area contributed by atoms with Crippen molar-refractivity contribution in [2.45, 2.75) is 13.8 Å². The number of halogens is 1. The first-order valence-corrected chi connectivity index (χ1v) is 8.30. The maximum atomic E-state index is 12.1. The van der Waals surface area contributed by atoms with Gasteiger partial charge in [0.15, 0.2) is 0 Å². The molecule has 0 aliphatic rings. The number of amides is 1. The maximum absolute atomic E-state index is 12.1. The molecule has 6 nitrogen and oxygen atoms in total. The standard InChI is InChI=1S/C13H21N3O3S.ClH/c1-4-14-7-8-15-13(17)11-9-10(2)5-6-12(11)16-20(3,18)19;/h5-6,9,14,16H,4,7-8H2,1-3H3,(H,15,17);1H. The van der Waals surface area contributed by atoms with E-state index in [0.717, 1.165) is 18.4 Å². The molecular weight excluding hydrogens is 314 g/mol. The Morgan fingerprint density at radius 3 is 2.48 bits per heavy atom. The Morgan fingerprint density at radius 2 is 1.90 bits per heavy atom. The summed E-state index contributed by atoms with van der Waals surface area (Å²) in [4.78, 5) is 12.1. The summed E-state index contributed by atoms with van der Waals surface area (Å²) in [6, 6.07) is 5.01. The lowest BCUT2D eigenvalue weighted by Crippen LogP contribution is -2.32. The number of aryl methyl sites for hydroxylation is 1. The second kappa shape index (κ2) is 8.86. The Labute approximate surface area is 132 Å². The van der Waals surface area contributed by atoms with Gasteiger partial charge in [0.2, 0.25) is 10.0 Å². The summed E-state index contributed by atoms with van der Waals surface area (Å²) in [7, 11) is -3.42. The second-order valence-corrected chi connectivity index (χ2v) is 6.28. The number of carbonyl (C=O) groups excluding carboxylic acids is 1. The van der Waals surface area contributed by atoms with Crippen LogP contribution in [-0.4, -0.2) is 40.2 Å². The fourth-order valence-electron chi connectivity index (χ4n) is 1.67. The van der Waals surface area contributed by atoms with Gasteiger partial charge in [-0.1, -0.05) is 18.6 Å². The van der Waals surface area contributed by atoms with Crippen molar-refractivity contribution in [3.8, 4) is 0 Å². The van der Waals surface area contributed by atoms with Crippen LogP contribution in [0.1, 0.15) is 22.8 Å². The number of hydrogen-bond donors (Lipinski definition) is 3. The third kappa shape index (κ3) is 7.31. The highest BCUT2D eigenvalue weighted by Crippen LogP contribution is 2.18. The molecule has 0 saturated heterocycles. The molecule has 1 rings (SSSR count). The van der Waals surface area contributed by atoms with Gasteiger partial charge in [-0.15, -0.1) is 12.4 Å². The second-order valence-electron chi connectivity index (χ2n) is 4.53. The van der Waals surface area contributed by atoms with Crippen LogP contribution in [0.15, 0.2) is 18.2 Å². The smallest absolute Gasteiger partial charge is 0.253 e. The minimum Gasteiger partial charge on any atom is -0.351 e. The summed E-state index contributed by atoms with van der Waals surface area (Å²) < 4.78 is 25.0. The van der Waals surface area contributed by atoms with Gasteiger partial charge in [-0.3, -0.25) is 9.52 Å². The molecule has 1 aromatic rings. The molecule has 0 aliphatic carbocycles. The SMILES string of the molecule is CCNCCNC(=O)c1cc(C)ccc1NS(C)(=O)=O.Cl. The molecule has 0 saturated carbocycles. The lowest BCUT2D eigenvalue weighted by molar-refractivity contribution is 0.0955. The number of rotatable bonds is 7. The Bertz CT molecular complexity index is 576. The molecule has 0 bridgehead atoms. The quantitative estimate of drug-likeness (QED) is 0.652. The van der Waals surface area contributed by atoms with Crippen molar-refractivity contribution in [1.29, 1.82) is 0 Å². The summed E-state index contributed by atoms with van der Waals surface area (Å²) in [5.41, 5.74) is 1.51. The molecule has 0 fully saturated rings. The zero-order valence-corrected chi connectivity index (χ0v) is 14.0. The van der Waals surface area contributed by atoms with Crippen molar-refractivity contribution < 1.29 is 13.2 Å². The van der Waals surface area contributed by atoms with E-state index in [-0.39, 0.29) is 18.3 Å². The van der Waals surface area contributed by atoms with Gasteiger partial charge in [0, 0.05) is 13.1 Å². The number of anilines is 1. The van der Waals surface area contributed by atoms with E-state index in [4.69, 9.17) is 0 Å². The molecule has 0 atom stereocenters. The molecule has 21 heavy (non-hydrogen) atoms. The number of nitrogens with one attached hydrogen (secondary N) is 3. The number of likely N-dealkylation sites (N-methyl/N-ethyl adjacent to an activating group) is 1. The molecule has 0 aliphatic heterocycles. The van der Waals surface area contributed by atoms with Crippen molar-refractivity contribution in [1.82, 2.24) is 10.6 Å². The van der Waals surface area contributed by atoms with Crippen molar-refractivity contribution in [3.63, 3.8) is 0 Å². The molecular formula is C13H22ClN3O3S. The molecule has 0 aromatic heterocycles. The first kappa shape index (κ1) is 19.7. The molecule has 0 unspecified atom stereocenters. The minimum absolute atomic E-state index is 0. The number of sulfonamides is 1. The predicted molar refractivity (Wildman–Crippen MR) is 87.8 cm³/mol. The van der Waals surface area contributed by atoms with Crippen molar-refractivity contribution in [2.24, 2.45) is 0 Å². The monoisotopic (exact) mass is 335 g/mol. The Kier molecular flexibility index (Phi) is 8.31. The largest absolute Gasteiger partial charge is 0.351 e. The van der Waals surface area contributed by atoms with Gasteiger partial charge in [0.05, 0.1) is 17.5 Å². The van der Waals surface area contributed by atoms with Gasteiger partial charge in [-0.2, -0.15) is 0 Å². The zero-order chi connectivity index (χ0) is 15.2. The first-order chi connectivity index (χ1) is 9.33. The molecule has 0 spiro atoms. The van der Waals surface area contributed by atoms with Gasteiger partial charge in [-0.05, 0) is 25.6 Å². The lowest BCUT2D eigenvalue weighted by Gasteiger charge is -2.12. The first-order valence-electron chi connectivity index (χ1n) is 6.41. The van der Waals surface area contributed by atoms with Crippen LogP contribution in [-0.2, 0) is 10.0 Å². The highest BCUT2D eigenvalue weighted by Gasteiger charge is 2.14. The van der Waals surface area contributed by atoms with Crippen molar-refractivity contribution >= 4 is 34.0 Å². The Morgan fingerprint density at radius 1 is 1.24 bits per heavy atom. The topological polar surface area (TPSA) is 87.3 Å². The normalized spacial score (nSPS) is 10.6. The van der Waals surface area contributed by atoms with Gasteiger partial charge in [0.25, 0.3) is 5.91 Å². The van der Waals surface area contributed by atoms with Gasteiger partial charge in [0.1, 0.15) is 0 Å². The Hall–Kier alpha value is -1.31. The minimum atomic E-state index is -3.42. The van der Waals surface area contributed by atoms with E-state index in [1.165, 1.54) is 0 Å². The molecule has 1 amide bonds. The average Bonchev–Trinajstić information content (AvgIpc) is 2.35. The van der Waals surface area contributed by atoms with E-state index in [9.17, 15) is 13.2 Å². The molecule has 0 heterocycles. The van der Waals surface area contributed by atoms with Crippen LogP contribution in [0, 0.1) is 6.92 Å². The van der Waals surface area contributed by atoms with Crippen LogP contribution >= 0.6 is 12.4 Å². The predicted octanol–water partition coefficient (Wildman–Crippen LogP) is 1.13. The number of hydrogen-bond acceptors (Lipinski definition) is 4. The maximum Gasteiger partial charge on any atom is 0.253 e. The van der Waals surface area contributed by atoms with E-state index >= 15 is 0 Å². The van der Waals surface area contributed by atoms with E-state index in [2.05, 4.69) is 15.4 Å². The third-order valence-corrected chi connectivity index (χ3v) is 3.14. The molecule has 8 heteroatoms. The number of benzene rings is 1. The van der Waals surface area contributed by atoms with Crippen LogP contribution in [0.3, 0.4) is 0 Å². The fourth-order valence-corrected chi connectivity index (χ4v) is 2.25. The number of carbonyl (C=O) groups is 1. The Balaban J connectivity index is 0.00000400. The van der Waals surface area contributed by atoms with E-state index in [1.807, 2.05) is 13.8 Å². The van der Waals surface area contributed by atoms with Crippen molar-refractivity contribution in [3.05, 3.63) is 29.3 Å². The van der Waals surface area contributed by atoms with E-state index in [0.29, 0.717) is 24.3 Å². The van der Waals surface area contributed by atoms with Crippen LogP contribution in [0.4, 0.5) is 5.69 Å². The van der Waals surface area contributed by atoms with Crippen LogP contribution in [0.2, 0.25) is 0 Å². The molecule has 3 N–H and O–H groups in total. The van der Waals surface area contributed by atoms with E-state index < -0.39 is 10.0 Å². The molecule has 120 valence electrons. The fraction of sp³-hybridized carbons (Fsp3) is 0.462. The van der Waals surface area contributed by atoms with Gasteiger partial charge < -0.3 is 10.6 Å². The summed E-state index contributed by atoms with van der Waals surface area (Å²) in [5, 5.41) is 5.84. The highest BCUT2D eigenvalue weighted by atomic mass is 35.5. The third-order valence-electron chi connectivity index (χ3n) is 2.55. The van der Waals surface area contributed by atoms with Crippen LogP contribution in [0.25, 0.3) is 0 Å². The van der Waals surface area contributed by atoms with Gasteiger partial charge in [-0.25, -0.2) is 8.42 Å². The van der Waals surface area contributed by atoms with Crippen LogP contribution in [0.5, 0.6) is 0 Å². The van der Waals surface area contributed by atoms with Gasteiger partial charge >= 0.3 is 0 Å².